The Hall–Kier alpha value is -4.20. The fourth-order valence-electron chi connectivity index (χ4n) is 2.80. The number of nitro benzene ring substituents is 1. The van der Waals surface area contributed by atoms with Crippen LogP contribution < -0.4 is 4.74 Å². The maximum Gasteiger partial charge on any atom is 0.311 e. The van der Waals surface area contributed by atoms with Crippen LogP contribution in [0.4, 0.5) is 11.4 Å². The number of para-hydroxylation sites is 1. The number of nitrogens with zero attached hydrogens (tertiary/aromatic N) is 3. The molecule has 0 amide bonds. The predicted molar refractivity (Wildman–Crippen MR) is 108 cm³/mol. The van der Waals surface area contributed by atoms with E-state index in [4.69, 9.17) is 9.15 Å². The van der Waals surface area contributed by atoms with Gasteiger partial charge in [-0.25, -0.2) is 4.98 Å². The maximum atomic E-state index is 10.9. The molecule has 1 heterocycles. The van der Waals surface area contributed by atoms with Gasteiger partial charge in [-0.15, -0.1) is 0 Å². The molecule has 0 aliphatic carbocycles. The van der Waals surface area contributed by atoms with Crippen LogP contribution in [0.15, 0.2) is 70.1 Å². The van der Waals surface area contributed by atoms with E-state index in [1.807, 2.05) is 24.3 Å². The lowest BCUT2D eigenvalue weighted by molar-refractivity contribution is -0.385. The quantitative estimate of drug-likeness (QED) is 0.296. The van der Waals surface area contributed by atoms with Crippen molar-refractivity contribution in [3.8, 4) is 23.0 Å². The highest BCUT2D eigenvalue weighted by Crippen LogP contribution is 2.30. The van der Waals surface area contributed by atoms with Crippen molar-refractivity contribution < 1.29 is 19.2 Å². The summed E-state index contributed by atoms with van der Waals surface area (Å²) in [5.41, 5.74) is 2.48. The molecular formula is C21H15N3O5. The molecule has 0 saturated heterocycles. The van der Waals surface area contributed by atoms with Crippen LogP contribution in [-0.2, 0) is 0 Å². The summed E-state index contributed by atoms with van der Waals surface area (Å²) in [6.07, 6.45) is 1.37. The van der Waals surface area contributed by atoms with Gasteiger partial charge in [0.25, 0.3) is 0 Å². The highest BCUT2D eigenvalue weighted by Gasteiger charge is 2.15. The third-order valence-electron chi connectivity index (χ3n) is 4.30. The molecule has 8 nitrogen and oxygen atoms in total. The molecule has 1 N–H and O–H groups in total. The number of aromatic nitrogens is 1. The highest BCUT2D eigenvalue weighted by atomic mass is 16.6. The summed E-state index contributed by atoms with van der Waals surface area (Å²) in [5, 5.41) is 20.9. The second-order valence-corrected chi connectivity index (χ2v) is 6.13. The van der Waals surface area contributed by atoms with Crippen LogP contribution in [0.1, 0.15) is 5.56 Å². The monoisotopic (exact) mass is 389 g/mol. The van der Waals surface area contributed by atoms with Gasteiger partial charge in [-0.05, 0) is 48.5 Å². The van der Waals surface area contributed by atoms with Crippen LogP contribution in [0.3, 0.4) is 0 Å². The van der Waals surface area contributed by atoms with E-state index in [1.165, 1.54) is 18.3 Å². The lowest BCUT2D eigenvalue weighted by Crippen LogP contribution is -1.91. The minimum absolute atomic E-state index is 0.248. The number of methoxy groups -OCH3 is 1. The third kappa shape index (κ3) is 3.63. The largest absolute Gasteiger partial charge is 0.502 e. The molecule has 0 aliphatic heterocycles. The van der Waals surface area contributed by atoms with Gasteiger partial charge >= 0.3 is 5.69 Å². The van der Waals surface area contributed by atoms with E-state index in [1.54, 1.807) is 31.4 Å². The Bertz CT molecular complexity index is 1230. The number of hydrogen-bond donors (Lipinski definition) is 1. The Morgan fingerprint density at radius 2 is 1.97 bits per heavy atom. The number of aliphatic imine (C=N–C) groups is 1. The number of rotatable bonds is 5. The molecule has 0 spiro atoms. The molecule has 0 radical (unpaired) electrons. The summed E-state index contributed by atoms with van der Waals surface area (Å²) in [5.74, 6) is 0.788. The zero-order valence-electron chi connectivity index (χ0n) is 15.3. The molecule has 0 unspecified atom stereocenters. The van der Waals surface area contributed by atoms with Gasteiger partial charge in [-0.3, -0.25) is 15.1 Å². The van der Waals surface area contributed by atoms with Crippen molar-refractivity contribution in [1.82, 2.24) is 4.98 Å². The van der Waals surface area contributed by atoms with E-state index in [0.717, 1.165) is 11.3 Å². The van der Waals surface area contributed by atoms with E-state index in [-0.39, 0.29) is 11.3 Å². The van der Waals surface area contributed by atoms with E-state index in [0.29, 0.717) is 22.7 Å². The summed E-state index contributed by atoms with van der Waals surface area (Å²) in [6.45, 7) is 0. The number of hydrogen-bond acceptors (Lipinski definition) is 7. The second-order valence-electron chi connectivity index (χ2n) is 6.13. The van der Waals surface area contributed by atoms with E-state index >= 15 is 0 Å². The Kier molecular flexibility index (Phi) is 4.66. The molecule has 0 bridgehead atoms. The first-order valence-corrected chi connectivity index (χ1v) is 8.60. The average Bonchev–Trinajstić information content (AvgIpc) is 3.16. The minimum Gasteiger partial charge on any atom is -0.502 e. The van der Waals surface area contributed by atoms with Crippen molar-refractivity contribution in [3.63, 3.8) is 0 Å². The molecule has 0 atom stereocenters. The van der Waals surface area contributed by atoms with Crippen LogP contribution in [0.25, 0.3) is 22.6 Å². The summed E-state index contributed by atoms with van der Waals surface area (Å²) < 4.78 is 10.9. The molecule has 8 heteroatoms. The van der Waals surface area contributed by atoms with Crippen LogP contribution in [0.2, 0.25) is 0 Å². The smallest absolute Gasteiger partial charge is 0.311 e. The summed E-state index contributed by atoms with van der Waals surface area (Å²) in [6, 6.07) is 16.8. The molecule has 0 fully saturated rings. The highest BCUT2D eigenvalue weighted by molar-refractivity contribution is 5.88. The fourth-order valence-corrected chi connectivity index (χ4v) is 2.80. The lowest BCUT2D eigenvalue weighted by atomic mass is 10.2. The molecule has 29 heavy (non-hydrogen) atoms. The molecule has 3 aromatic carbocycles. The van der Waals surface area contributed by atoms with Crippen molar-refractivity contribution in [1.29, 1.82) is 0 Å². The Balaban J connectivity index is 1.63. The first-order valence-electron chi connectivity index (χ1n) is 8.60. The standard InChI is InChI=1S/C21H15N3O5/c1-28-16-8-5-13(6-9-16)21-23-17-11-15(7-10-19(17)29-21)22-12-14-3-2-4-18(20(14)25)24(26)27/h2-12,25H,1H3. The van der Waals surface area contributed by atoms with E-state index < -0.39 is 10.7 Å². The normalized spacial score (nSPS) is 11.2. The van der Waals surface area contributed by atoms with E-state index in [9.17, 15) is 15.2 Å². The lowest BCUT2D eigenvalue weighted by Gasteiger charge is -1.99. The number of phenolic OH excluding ortho intramolecular Hbond substituents is 1. The van der Waals surface area contributed by atoms with Crippen LogP contribution in [0, 0.1) is 10.1 Å². The maximum absolute atomic E-state index is 10.9. The van der Waals surface area contributed by atoms with Gasteiger partial charge in [0.05, 0.1) is 17.7 Å². The van der Waals surface area contributed by atoms with Gasteiger partial charge in [0.15, 0.2) is 5.58 Å². The van der Waals surface area contributed by atoms with Crippen molar-refractivity contribution in [2.45, 2.75) is 0 Å². The third-order valence-corrected chi connectivity index (χ3v) is 4.30. The first kappa shape index (κ1) is 18.2. The Morgan fingerprint density at radius 1 is 1.17 bits per heavy atom. The number of benzene rings is 3. The summed E-state index contributed by atoms with van der Waals surface area (Å²) in [7, 11) is 1.60. The van der Waals surface area contributed by atoms with E-state index in [2.05, 4.69) is 9.98 Å². The van der Waals surface area contributed by atoms with Crippen molar-refractivity contribution in [3.05, 3.63) is 76.3 Å². The van der Waals surface area contributed by atoms with Crippen molar-refractivity contribution in [2.24, 2.45) is 4.99 Å². The molecule has 4 aromatic rings. The van der Waals surface area contributed by atoms with Crippen molar-refractivity contribution in [2.75, 3.05) is 7.11 Å². The first-order chi connectivity index (χ1) is 14.0. The van der Waals surface area contributed by atoms with Gasteiger partial charge in [-0.1, -0.05) is 6.07 Å². The van der Waals surface area contributed by atoms with Gasteiger partial charge in [-0.2, -0.15) is 0 Å². The summed E-state index contributed by atoms with van der Waals surface area (Å²) >= 11 is 0. The second kappa shape index (κ2) is 7.43. The topological polar surface area (TPSA) is 111 Å². The minimum atomic E-state index is -0.644. The van der Waals surface area contributed by atoms with Gasteiger partial charge in [0.2, 0.25) is 11.6 Å². The molecule has 1 aromatic heterocycles. The number of fused-ring (bicyclic) bond motifs is 1. The number of ether oxygens (including phenoxy) is 1. The van der Waals surface area contributed by atoms with Crippen LogP contribution in [-0.4, -0.2) is 28.3 Å². The molecule has 4 rings (SSSR count). The molecule has 144 valence electrons. The number of oxazole rings is 1. The number of aromatic hydroxyl groups is 1. The van der Waals surface area contributed by atoms with Gasteiger partial charge in [0.1, 0.15) is 11.3 Å². The Labute approximate surface area is 164 Å². The van der Waals surface area contributed by atoms with Gasteiger partial charge < -0.3 is 14.3 Å². The number of nitro groups is 1. The molecule has 0 aliphatic rings. The zero-order valence-corrected chi connectivity index (χ0v) is 15.3. The Morgan fingerprint density at radius 3 is 2.69 bits per heavy atom. The van der Waals surface area contributed by atoms with Crippen LogP contribution in [0.5, 0.6) is 11.5 Å². The number of phenols is 1. The summed E-state index contributed by atoms with van der Waals surface area (Å²) in [4.78, 5) is 19.1. The van der Waals surface area contributed by atoms with Crippen molar-refractivity contribution >= 4 is 28.7 Å². The van der Waals surface area contributed by atoms with Crippen LogP contribution >= 0.6 is 0 Å². The van der Waals surface area contributed by atoms with Gasteiger partial charge in [0, 0.05) is 23.4 Å². The fraction of sp³-hybridized carbons (Fsp3) is 0.0476. The predicted octanol–water partition coefficient (Wildman–Crippen LogP) is 4.87. The SMILES string of the molecule is COc1ccc(-c2nc3cc(N=Cc4cccc([N+](=O)[O-])c4O)ccc3o2)cc1. The molecule has 0 saturated carbocycles. The zero-order chi connectivity index (χ0) is 20.4. The molecular weight excluding hydrogens is 374 g/mol. The average molecular weight is 389 g/mol.